The first kappa shape index (κ1) is 11.6. The molecule has 0 aliphatic carbocycles. The second-order valence-electron chi connectivity index (χ2n) is 5.27. The molecule has 1 fully saturated rings. The van der Waals surface area contributed by atoms with Crippen molar-refractivity contribution < 1.29 is 9.53 Å². The van der Waals surface area contributed by atoms with Crippen molar-refractivity contribution in [3.05, 3.63) is 29.8 Å². The molecule has 3 rings (SSSR count). The molecular weight excluding hydrogens is 226 g/mol. The maximum Gasteiger partial charge on any atom is 0.223 e. The average molecular weight is 245 g/mol. The minimum absolute atomic E-state index is 0.131. The van der Waals surface area contributed by atoms with Gasteiger partial charge >= 0.3 is 0 Å². The fourth-order valence-electron chi connectivity index (χ4n) is 2.93. The lowest BCUT2D eigenvalue weighted by Crippen LogP contribution is -2.32. The van der Waals surface area contributed by atoms with Crippen LogP contribution in [0.15, 0.2) is 24.3 Å². The number of para-hydroxylation sites is 1. The van der Waals surface area contributed by atoms with Crippen molar-refractivity contribution in [1.29, 1.82) is 0 Å². The third kappa shape index (κ3) is 2.35. The highest BCUT2D eigenvalue weighted by molar-refractivity contribution is 5.78. The van der Waals surface area contributed by atoms with Crippen molar-refractivity contribution in [2.45, 2.75) is 38.2 Å². The van der Waals surface area contributed by atoms with E-state index in [1.807, 2.05) is 18.2 Å². The number of carbonyl (C=O) groups is 1. The third-order valence-corrected chi connectivity index (χ3v) is 3.91. The molecule has 0 bridgehead atoms. The van der Waals surface area contributed by atoms with Crippen LogP contribution in [0.1, 0.15) is 31.2 Å². The Morgan fingerprint density at radius 1 is 1.28 bits per heavy atom. The van der Waals surface area contributed by atoms with Crippen LogP contribution in [0.3, 0.4) is 0 Å². The molecule has 3 nitrogen and oxygen atoms in total. The SMILES string of the molecule is O=C1NCCCCC1CC1Cc2ccccc2O1. The van der Waals surface area contributed by atoms with Gasteiger partial charge in [-0.1, -0.05) is 24.6 Å². The average Bonchev–Trinajstić information content (AvgIpc) is 2.68. The zero-order chi connectivity index (χ0) is 12.4. The van der Waals surface area contributed by atoms with Gasteiger partial charge in [-0.05, 0) is 30.9 Å². The summed E-state index contributed by atoms with van der Waals surface area (Å²) in [7, 11) is 0. The number of hydrogen-bond acceptors (Lipinski definition) is 2. The molecule has 2 atom stereocenters. The summed E-state index contributed by atoms with van der Waals surface area (Å²) in [5.41, 5.74) is 1.27. The number of fused-ring (bicyclic) bond motifs is 1. The molecule has 0 saturated carbocycles. The van der Waals surface area contributed by atoms with Gasteiger partial charge in [-0.2, -0.15) is 0 Å². The van der Waals surface area contributed by atoms with E-state index in [1.165, 1.54) is 5.56 Å². The van der Waals surface area contributed by atoms with Gasteiger partial charge in [-0.15, -0.1) is 0 Å². The Hall–Kier alpha value is -1.51. The fraction of sp³-hybridized carbons (Fsp3) is 0.533. The maximum atomic E-state index is 11.9. The first-order valence-electron chi connectivity index (χ1n) is 6.85. The molecule has 2 unspecified atom stereocenters. The zero-order valence-electron chi connectivity index (χ0n) is 10.5. The van der Waals surface area contributed by atoms with Crippen LogP contribution in [0, 0.1) is 5.92 Å². The molecule has 1 aromatic carbocycles. The summed E-state index contributed by atoms with van der Waals surface area (Å²) in [5, 5.41) is 3.00. The highest BCUT2D eigenvalue weighted by atomic mass is 16.5. The molecule has 1 saturated heterocycles. The Morgan fingerprint density at radius 3 is 3.06 bits per heavy atom. The standard InChI is InChI=1S/C15H19NO2/c17-15-12(6-3-4-8-16-15)10-13-9-11-5-1-2-7-14(11)18-13/h1-2,5,7,12-13H,3-4,6,8-10H2,(H,16,17). The van der Waals surface area contributed by atoms with Gasteiger partial charge in [0, 0.05) is 18.9 Å². The van der Waals surface area contributed by atoms with Gasteiger partial charge in [0.05, 0.1) is 0 Å². The van der Waals surface area contributed by atoms with E-state index in [2.05, 4.69) is 11.4 Å². The number of amides is 1. The number of carbonyl (C=O) groups excluding carboxylic acids is 1. The lowest BCUT2D eigenvalue weighted by atomic mass is 9.94. The molecule has 0 spiro atoms. The van der Waals surface area contributed by atoms with Gasteiger partial charge in [0.2, 0.25) is 5.91 Å². The Morgan fingerprint density at radius 2 is 2.17 bits per heavy atom. The second-order valence-corrected chi connectivity index (χ2v) is 5.27. The predicted octanol–water partition coefficient (Wildman–Crippen LogP) is 2.30. The van der Waals surface area contributed by atoms with Crippen molar-refractivity contribution in [2.75, 3.05) is 6.54 Å². The summed E-state index contributed by atoms with van der Waals surface area (Å²) >= 11 is 0. The molecule has 2 heterocycles. The van der Waals surface area contributed by atoms with E-state index in [0.29, 0.717) is 0 Å². The molecule has 18 heavy (non-hydrogen) atoms. The molecule has 96 valence electrons. The summed E-state index contributed by atoms with van der Waals surface area (Å²) in [4.78, 5) is 11.9. The summed E-state index contributed by atoms with van der Waals surface area (Å²) < 4.78 is 5.92. The van der Waals surface area contributed by atoms with Crippen LogP contribution in [-0.4, -0.2) is 18.6 Å². The monoisotopic (exact) mass is 245 g/mol. The van der Waals surface area contributed by atoms with Crippen LogP contribution >= 0.6 is 0 Å². The van der Waals surface area contributed by atoms with E-state index in [1.54, 1.807) is 0 Å². The minimum Gasteiger partial charge on any atom is -0.490 e. The van der Waals surface area contributed by atoms with E-state index >= 15 is 0 Å². The van der Waals surface area contributed by atoms with E-state index in [9.17, 15) is 4.79 Å². The van der Waals surface area contributed by atoms with E-state index in [4.69, 9.17) is 4.74 Å². The largest absolute Gasteiger partial charge is 0.490 e. The van der Waals surface area contributed by atoms with E-state index in [-0.39, 0.29) is 17.9 Å². The topological polar surface area (TPSA) is 38.3 Å². The van der Waals surface area contributed by atoms with Gasteiger partial charge in [0.15, 0.2) is 0 Å². The molecular formula is C15H19NO2. The molecule has 0 radical (unpaired) electrons. The Kier molecular flexibility index (Phi) is 3.22. The molecule has 1 aromatic rings. The first-order valence-corrected chi connectivity index (χ1v) is 6.85. The van der Waals surface area contributed by atoms with Crippen LogP contribution in [0.25, 0.3) is 0 Å². The second kappa shape index (κ2) is 5.01. The number of ether oxygens (including phenoxy) is 1. The lowest BCUT2D eigenvalue weighted by molar-refractivity contribution is -0.125. The number of rotatable bonds is 2. The van der Waals surface area contributed by atoms with Crippen LogP contribution < -0.4 is 10.1 Å². The Bertz CT molecular complexity index is 419. The minimum atomic E-state index is 0.131. The normalized spacial score (nSPS) is 27.0. The highest BCUT2D eigenvalue weighted by Crippen LogP contribution is 2.32. The molecule has 2 aliphatic rings. The van der Waals surface area contributed by atoms with Gasteiger partial charge in [-0.25, -0.2) is 0 Å². The van der Waals surface area contributed by atoms with Gasteiger partial charge < -0.3 is 10.1 Å². The first-order chi connectivity index (χ1) is 8.83. The molecule has 1 N–H and O–H groups in total. The van der Waals surface area contributed by atoms with Gasteiger partial charge in [0.25, 0.3) is 0 Å². The summed E-state index contributed by atoms with van der Waals surface area (Å²) in [5.74, 6) is 1.34. The lowest BCUT2D eigenvalue weighted by Gasteiger charge is -2.17. The van der Waals surface area contributed by atoms with Crippen molar-refractivity contribution >= 4 is 5.91 Å². The molecule has 2 aliphatic heterocycles. The van der Waals surface area contributed by atoms with Crippen molar-refractivity contribution in [3.8, 4) is 5.75 Å². The highest BCUT2D eigenvalue weighted by Gasteiger charge is 2.29. The number of nitrogens with one attached hydrogen (secondary N) is 1. The molecule has 0 aromatic heterocycles. The molecule has 3 heteroatoms. The summed E-state index contributed by atoms with van der Waals surface area (Å²) in [6.07, 6.45) is 5.22. The Labute approximate surface area is 108 Å². The molecule has 1 amide bonds. The summed E-state index contributed by atoms with van der Waals surface area (Å²) in [6.45, 7) is 0.834. The van der Waals surface area contributed by atoms with Crippen LogP contribution in [0.4, 0.5) is 0 Å². The van der Waals surface area contributed by atoms with Crippen LogP contribution in [0.5, 0.6) is 5.75 Å². The van der Waals surface area contributed by atoms with E-state index in [0.717, 1.165) is 44.4 Å². The number of hydrogen-bond donors (Lipinski definition) is 1. The maximum absolute atomic E-state index is 11.9. The summed E-state index contributed by atoms with van der Waals surface area (Å²) in [6, 6.07) is 8.17. The predicted molar refractivity (Wildman–Crippen MR) is 69.5 cm³/mol. The smallest absolute Gasteiger partial charge is 0.223 e. The third-order valence-electron chi connectivity index (χ3n) is 3.91. The zero-order valence-corrected chi connectivity index (χ0v) is 10.5. The van der Waals surface area contributed by atoms with Gasteiger partial charge in [-0.3, -0.25) is 4.79 Å². The van der Waals surface area contributed by atoms with Crippen molar-refractivity contribution in [2.24, 2.45) is 5.92 Å². The van der Waals surface area contributed by atoms with Crippen molar-refractivity contribution in [3.63, 3.8) is 0 Å². The van der Waals surface area contributed by atoms with E-state index < -0.39 is 0 Å². The van der Waals surface area contributed by atoms with Crippen LogP contribution in [-0.2, 0) is 11.2 Å². The van der Waals surface area contributed by atoms with Gasteiger partial charge in [0.1, 0.15) is 11.9 Å². The Balaban J connectivity index is 1.63. The number of benzene rings is 1. The van der Waals surface area contributed by atoms with Crippen LogP contribution in [0.2, 0.25) is 0 Å². The van der Waals surface area contributed by atoms with Crippen molar-refractivity contribution in [1.82, 2.24) is 5.32 Å². The fourth-order valence-corrected chi connectivity index (χ4v) is 2.93. The quantitative estimate of drug-likeness (QED) is 0.868.